The molecule has 2 aromatic heterocycles. The number of rotatable bonds is 7. The van der Waals surface area contributed by atoms with Gasteiger partial charge in [0.05, 0.1) is 30.5 Å². The molecule has 2 fully saturated rings. The number of pyridine rings is 1. The van der Waals surface area contributed by atoms with Crippen LogP contribution in [0.2, 0.25) is 0 Å². The number of alkyl halides is 3. The Morgan fingerprint density at radius 1 is 1.19 bits per heavy atom. The van der Waals surface area contributed by atoms with Crippen LogP contribution >= 0.6 is 0 Å². The van der Waals surface area contributed by atoms with Crippen molar-refractivity contribution in [3.8, 4) is 11.5 Å². The van der Waals surface area contributed by atoms with Crippen molar-refractivity contribution in [1.82, 2.24) is 19.4 Å². The van der Waals surface area contributed by atoms with Crippen molar-refractivity contribution in [1.29, 1.82) is 0 Å². The predicted molar refractivity (Wildman–Crippen MR) is 112 cm³/mol. The summed E-state index contributed by atoms with van der Waals surface area (Å²) in [6, 6.07) is 7.18. The highest BCUT2D eigenvalue weighted by molar-refractivity contribution is 5.71. The summed E-state index contributed by atoms with van der Waals surface area (Å²) in [5.41, 5.74) is 1.000. The van der Waals surface area contributed by atoms with Crippen LogP contribution < -0.4 is 9.47 Å². The second-order valence-electron chi connectivity index (χ2n) is 8.37. The maximum absolute atomic E-state index is 13.0. The van der Waals surface area contributed by atoms with E-state index in [2.05, 4.69) is 26.0 Å². The second kappa shape index (κ2) is 7.81. The van der Waals surface area contributed by atoms with Crippen molar-refractivity contribution in [3.05, 3.63) is 60.8 Å². The molecular weight excluding hydrogens is 421 g/mol. The van der Waals surface area contributed by atoms with Gasteiger partial charge >= 0.3 is 6.18 Å². The Balaban J connectivity index is 1.17. The molecule has 0 radical (unpaired) electrons. The maximum atomic E-state index is 13.0. The molecule has 32 heavy (non-hydrogen) atoms. The van der Waals surface area contributed by atoms with Crippen molar-refractivity contribution in [2.45, 2.75) is 12.7 Å². The molecule has 1 saturated carbocycles. The Bertz CT molecular complexity index is 1150. The zero-order valence-electron chi connectivity index (χ0n) is 17.5. The van der Waals surface area contributed by atoms with Gasteiger partial charge in [-0.05, 0) is 42.2 Å². The molecule has 2 aliphatic rings. The first-order valence-electron chi connectivity index (χ1n) is 10.5. The number of imidazole rings is 1. The summed E-state index contributed by atoms with van der Waals surface area (Å²) in [5.74, 6) is 2.77. The van der Waals surface area contributed by atoms with Crippen LogP contribution in [-0.2, 0) is 19.8 Å². The standard InChI is InChI=1S/C23H23F3N4O2/c1-3-31-20-9-14(23(24,25)26)6-7-19(20)32-13-17-15-10-30(11-16(15)17)12-21-28-22-18(29(21)2)5-4-8-27-22/h3-9,15-17H,1,10-13H2,2H3/t15-,16+,17?. The van der Waals surface area contributed by atoms with Crippen molar-refractivity contribution in [2.24, 2.45) is 24.8 Å². The predicted octanol–water partition coefficient (Wildman–Crippen LogP) is 4.27. The summed E-state index contributed by atoms with van der Waals surface area (Å²) in [6.07, 6.45) is -1.59. The number of fused-ring (bicyclic) bond motifs is 2. The summed E-state index contributed by atoms with van der Waals surface area (Å²) >= 11 is 0. The monoisotopic (exact) mass is 444 g/mol. The van der Waals surface area contributed by atoms with Gasteiger partial charge < -0.3 is 14.0 Å². The first-order chi connectivity index (χ1) is 15.3. The fraction of sp³-hybridized carbons (Fsp3) is 0.391. The van der Waals surface area contributed by atoms with Gasteiger partial charge in [-0.25, -0.2) is 9.97 Å². The molecule has 3 aromatic rings. The molecule has 3 heterocycles. The zero-order chi connectivity index (χ0) is 22.5. The third kappa shape index (κ3) is 3.81. The van der Waals surface area contributed by atoms with Gasteiger partial charge in [0.1, 0.15) is 5.82 Å². The zero-order valence-corrected chi connectivity index (χ0v) is 17.5. The lowest BCUT2D eigenvalue weighted by Gasteiger charge is -2.19. The number of aryl methyl sites for hydroxylation is 1. The molecular formula is C23H23F3N4O2. The molecule has 0 bridgehead atoms. The van der Waals surface area contributed by atoms with Crippen LogP contribution in [0.4, 0.5) is 13.2 Å². The van der Waals surface area contributed by atoms with Gasteiger partial charge in [-0.3, -0.25) is 4.90 Å². The number of halogens is 3. The number of hydrogen-bond donors (Lipinski definition) is 0. The number of hydrogen-bond acceptors (Lipinski definition) is 5. The molecule has 0 spiro atoms. The van der Waals surface area contributed by atoms with E-state index in [0.717, 1.165) is 55.0 Å². The van der Waals surface area contributed by atoms with E-state index in [1.165, 1.54) is 6.07 Å². The van der Waals surface area contributed by atoms with Crippen LogP contribution in [0.5, 0.6) is 11.5 Å². The van der Waals surface area contributed by atoms with Gasteiger partial charge in [0.15, 0.2) is 17.1 Å². The van der Waals surface area contributed by atoms with Crippen LogP contribution in [0.3, 0.4) is 0 Å². The minimum atomic E-state index is -4.44. The molecule has 1 unspecified atom stereocenters. The van der Waals surface area contributed by atoms with E-state index in [9.17, 15) is 13.2 Å². The molecule has 0 N–H and O–H groups in total. The summed E-state index contributed by atoms with van der Waals surface area (Å²) in [7, 11) is 2.01. The molecule has 5 rings (SSSR count). The summed E-state index contributed by atoms with van der Waals surface area (Å²) in [6.45, 7) is 6.57. The van der Waals surface area contributed by atoms with Gasteiger partial charge in [0.25, 0.3) is 0 Å². The number of piperidine rings is 1. The topological polar surface area (TPSA) is 52.4 Å². The van der Waals surface area contributed by atoms with Gasteiger partial charge in [-0.1, -0.05) is 6.58 Å². The van der Waals surface area contributed by atoms with E-state index in [4.69, 9.17) is 9.47 Å². The minimum Gasteiger partial charge on any atom is -0.489 e. The van der Waals surface area contributed by atoms with Gasteiger partial charge in [-0.15, -0.1) is 0 Å². The van der Waals surface area contributed by atoms with Crippen molar-refractivity contribution in [3.63, 3.8) is 0 Å². The van der Waals surface area contributed by atoms with Crippen LogP contribution in [0.15, 0.2) is 49.4 Å². The molecule has 1 saturated heterocycles. The minimum absolute atomic E-state index is 0.0257. The molecule has 6 nitrogen and oxygen atoms in total. The highest BCUT2D eigenvalue weighted by atomic mass is 19.4. The van der Waals surface area contributed by atoms with E-state index in [0.29, 0.717) is 30.1 Å². The Hall–Kier alpha value is -3.07. The Labute approximate surface area is 183 Å². The Morgan fingerprint density at radius 2 is 1.97 bits per heavy atom. The van der Waals surface area contributed by atoms with Crippen molar-refractivity contribution in [2.75, 3.05) is 19.7 Å². The lowest BCUT2D eigenvalue weighted by molar-refractivity contribution is -0.137. The highest BCUT2D eigenvalue weighted by Gasteiger charge is 2.55. The average molecular weight is 444 g/mol. The normalized spacial score (nSPS) is 22.7. The second-order valence-corrected chi connectivity index (χ2v) is 8.37. The van der Waals surface area contributed by atoms with Crippen LogP contribution in [0.25, 0.3) is 11.2 Å². The molecule has 3 atom stereocenters. The molecule has 0 amide bonds. The third-order valence-electron chi connectivity index (χ3n) is 6.47. The molecule has 1 aromatic carbocycles. The van der Waals surface area contributed by atoms with Gasteiger partial charge in [0.2, 0.25) is 0 Å². The summed E-state index contributed by atoms with van der Waals surface area (Å²) in [5, 5.41) is 0. The van der Waals surface area contributed by atoms with Gasteiger partial charge in [0, 0.05) is 32.3 Å². The fourth-order valence-electron chi connectivity index (χ4n) is 4.70. The quantitative estimate of drug-likeness (QED) is 0.510. The lowest BCUT2D eigenvalue weighted by atomic mass is 10.2. The molecule has 168 valence electrons. The smallest absolute Gasteiger partial charge is 0.416 e. The molecule has 9 heteroatoms. The van der Waals surface area contributed by atoms with Crippen LogP contribution in [-0.4, -0.2) is 39.1 Å². The first kappa shape index (κ1) is 20.8. The number of aromatic nitrogens is 3. The summed E-state index contributed by atoms with van der Waals surface area (Å²) in [4.78, 5) is 11.4. The maximum Gasteiger partial charge on any atom is 0.416 e. The van der Waals surface area contributed by atoms with Crippen molar-refractivity contribution < 1.29 is 22.6 Å². The molecule has 1 aliphatic heterocycles. The van der Waals surface area contributed by atoms with E-state index in [-0.39, 0.29) is 5.75 Å². The fourth-order valence-corrected chi connectivity index (χ4v) is 4.70. The number of nitrogens with zero attached hydrogens (tertiary/aromatic N) is 4. The third-order valence-corrected chi connectivity index (χ3v) is 6.47. The number of likely N-dealkylation sites (tertiary alicyclic amines) is 1. The van der Waals surface area contributed by atoms with E-state index >= 15 is 0 Å². The number of ether oxygens (including phenoxy) is 2. The Morgan fingerprint density at radius 3 is 2.66 bits per heavy atom. The van der Waals surface area contributed by atoms with Crippen LogP contribution in [0.1, 0.15) is 11.4 Å². The largest absolute Gasteiger partial charge is 0.489 e. The summed E-state index contributed by atoms with van der Waals surface area (Å²) < 4.78 is 52.0. The lowest BCUT2D eigenvalue weighted by Crippen LogP contribution is -2.26. The van der Waals surface area contributed by atoms with Gasteiger partial charge in [-0.2, -0.15) is 13.2 Å². The van der Waals surface area contributed by atoms with E-state index in [1.54, 1.807) is 6.20 Å². The first-order valence-corrected chi connectivity index (χ1v) is 10.5. The number of benzene rings is 1. The van der Waals surface area contributed by atoms with Crippen LogP contribution in [0, 0.1) is 17.8 Å². The highest BCUT2D eigenvalue weighted by Crippen LogP contribution is 2.52. The van der Waals surface area contributed by atoms with Crippen molar-refractivity contribution >= 4 is 11.2 Å². The molecule has 1 aliphatic carbocycles. The van der Waals surface area contributed by atoms with E-state index < -0.39 is 11.7 Å². The average Bonchev–Trinajstić information content (AvgIpc) is 3.06. The van der Waals surface area contributed by atoms with E-state index in [1.807, 2.05) is 19.2 Å². The Kier molecular flexibility index (Phi) is 5.08. The SMILES string of the molecule is C=COc1cc(C(F)(F)F)ccc1OCC1[C@H]2CN(Cc3nc4ncccc4n3C)C[C@@H]12.